The van der Waals surface area contributed by atoms with Gasteiger partial charge in [0.2, 0.25) is 0 Å². The van der Waals surface area contributed by atoms with Crippen molar-refractivity contribution >= 4 is 17.7 Å². The van der Waals surface area contributed by atoms with Crippen molar-refractivity contribution in [3.8, 4) is 0 Å². The summed E-state index contributed by atoms with van der Waals surface area (Å²) in [4.78, 5) is 11.9. The third-order valence-electron chi connectivity index (χ3n) is 2.62. The van der Waals surface area contributed by atoms with Gasteiger partial charge in [0.1, 0.15) is 17.3 Å². The van der Waals surface area contributed by atoms with Crippen molar-refractivity contribution in [3.63, 3.8) is 0 Å². The molecule has 0 aliphatic carbocycles. The minimum atomic E-state index is -1.17. The molecule has 20 heavy (non-hydrogen) atoms. The van der Waals surface area contributed by atoms with Crippen LogP contribution in [0.4, 0.5) is 14.5 Å². The van der Waals surface area contributed by atoms with Crippen LogP contribution in [0.25, 0.3) is 6.08 Å². The fourth-order valence-electron chi connectivity index (χ4n) is 1.83. The Kier molecular flexibility index (Phi) is 5.43. The topological polar surface area (TPSA) is 40.5 Å². The summed E-state index contributed by atoms with van der Waals surface area (Å²) in [5.74, 6) is -2.62. The summed E-state index contributed by atoms with van der Waals surface area (Å²) >= 11 is 0. The van der Waals surface area contributed by atoms with Crippen molar-refractivity contribution in [1.29, 1.82) is 0 Å². The van der Waals surface area contributed by atoms with Gasteiger partial charge in [0.05, 0.1) is 0 Å². The van der Waals surface area contributed by atoms with Gasteiger partial charge in [-0.1, -0.05) is 12.2 Å². The van der Waals surface area contributed by atoms with Gasteiger partial charge in [-0.15, -0.1) is 0 Å². The number of halogens is 2. The van der Waals surface area contributed by atoms with E-state index in [-0.39, 0.29) is 11.3 Å². The van der Waals surface area contributed by atoms with Crippen LogP contribution in [0.2, 0.25) is 0 Å². The lowest BCUT2D eigenvalue weighted by atomic mass is 10.1. The summed E-state index contributed by atoms with van der Waals surface area (Å²) in [5.41, 5.74) is 0.834. The lowest BCUT2D eigenvalue weighted by molar-refractivity contribution is -0.131. The zero-order valence-corrected chi connectivity index (χ0v) is 11.5. The molecule has 0 aromatic heterocycles. The first-order valence-corrected chi connectivity index (χ1v) is 6.14. The molecule has 1 rings (SSSR count). The third-order valence-corrected chi connectivity index (χ3v) is 2.62. The highest BCUT2D eigenvalue weighted by Crippen LogP contribution is 2.26. The maximum Gasteiger partial charge on any atom is 0.328 e. The molecular formula is C15H17F2NO2. The predicted molar refractivity (Wildman–Crippen MR) is 75.7 cm³/mol. The van der Waals surface area contributed by atoms with Gasteiger partial charge in [0, 0.05) is 19.2 Å². The van der Waals surface area contributed by atoms with Crippen LogP contribution in [-0.4, -0.2) is 24.2 Å². The summed E-state index contributed by atoms with van der Waals surface area (Å²) in [6, 6.07) is 2.22. The van der Waals surface area contributed by atoms with Gasteiger partial charge in [-0.25, -0.2) is 13.6 Å². The number of benzene rings is 1. The van der Waals surface area contributed by atoms with Crippen molar-refractivity contribution in [2.24, 2.45) is 0 Å². The van der Waals surface area contributed by atoms with Crippen molar-refractivity contribution in [2.45, 2.75) is 13.8 Å². The summed E-state index contributed by atoms with van der Waals surface area (Å²) in [7, 11) is 0. The first-order chi connectivity index (χ1) is 9.35. The molecule has 0 atom stereocenters. The minimum Gasteiger partial charge on any atom is -0.478 e. The molecule has 1 N–H and O–H groups in total. The quantitative estimate of drug-likeness (QED) is 0.641. The average molecular weight is 281 g/mol. The van der Waals surface area contributed by atoms with E-state index in [0.717, 1.165) is 29.9 Å². The molecule has 0 heterocycles. The van der Waals surface area contributed by atoms with E-state index in [4.69, 9.17) is 5.11 Å². The Labute approximate surface area is 116 Å². The van der Waals surface area contributed by atoms with E-state index in [0.29, 0.717) is 13.1 Å². The van der Waals surface area contributed by atoms with Crippen LogP contribution in [0.15, 0.2) is 30.4 Å². The Morgan fingerprint density at radius 2 is 1.95 bits per heavy atom. The lowest BCUT2D eigenvalue weighted by Crippen LogP contribution is -2.26. The number of nitrogens with zero attached hydrogens (tertiary/aromatic N) is 1. The Morgan fingerprint density at radius 1 is 1.40 bits per heavy atom. The standard InChI is InChI=1S/C15H17F2NO2/c1-4-18(9-10(2)3)15-12(16)7-11(8-13(15)17)5-6-14(19)20/h5-8H,2,4,9H2,1,3H3,(H,19,20). The van der Waals surface area contributed by atoms with Gasteiger partial charge in [-0.05, 0) is 37.6 Å². The van der Waals surface area contributed by atoms with Crippen molar-refractivity contribution in [2.75, 3.05) is 18.0 Å². The number of rotatable bonds is 6. The van der Waals surface area contributed by atoms with Crippen LogP contribution in [0.3, 0.4) is 0 Å². The van der Waals surface area contributed by atoms with Gasteiger partial charge in [0.15, 0.2) is 0 Å². The summed E-state index contributed by atoms with van der Waals surface area (Å²) in [6.07, 6.45) is 1.98. The van der Waals surface area contributed by atoms with Crippen molar-refractivity contribution < 1.29 is 18.7 Å². The fourth-order valence-corrected chi connectivity index (χ4v) is 1.83. The van der Waals surface area contributed by atoms with E-state index in [9.17, 15) is 13.6 Å². The van der Waals surface area contributed by atoms with E-state index in [2.05, 4.69) is 6.58 Å². The summed E-state index contributed by atoms with van der Waals surface area (Å²) in [6.45, 7) is 8.09. The average Bonchev–Trinajstić information content (AvgIpc) is 2.33. The van der Waals surface area contributed by atoms with Gasteiger partial charge in [0.25, 0.3) is 0 Å². The Bertz CT molecular complexity index is 530. The molecule has 0 fully saturated rings. The smallest absolute Gasteiger partial charge is 0.328 e. The van der Waals surface area contributed by atoms with Crippen LogP contribution in [0, 0.1) is 11.6 Å². The molecule has 0 unspecified atom stereocenters. The van der Waals surface area contributed by atoms with Gasteiger partial charge < -0.3 is 10.0 Å². The Balaban J connectivity index is 3.16. The monoisotopic (exact) mass is 281 g/mol. The van der Waals surface area contributed by atoms with Crippen LogP contribution >= 0.6 is 0 Å². The van der Waals surface area contributed by atoms with E-state index < -0.39 is 17.6 Å². The Hall–Kier alpha value is -2.17. The minimum absolute atomic E-state index is 0.122. The largest absolute Gasteiger partial charge is 0.478 e. The first-order valence-electron chi connectivity index (χ1n) is 6.14. The number of anilines is 1. The molecule has 0 saturated carbocycles. The highest BCUT2D eigenvalue weighted by atomic mass is 19.1. The van der Waals surface area contributed by atoms with Crippen LogP contribution in [0.1, 0.15) is 19.4 Å². The second kappa shape index (κ2) is 6.84. The predicted octanol–water partition coefficient (Wildman–Crippen LogP) is 3.47. The SMILES string of the molecule is C=C(C)CN(CC)c1c(F)cc(C=CC(=O)O)cc1F. The van der Waals surface area contributed by atoms with Gasteiger partial charge >= 0.3 is 5.97 Å². The maximum atomic E-state index is 14.0. The number of carbonyl (C=O) groups is 1. The second-order valence-electron chi connectivity index (χ2n) is 4.48. The molecule has 0 aliphatic rings. The summed E-state index contributed by atoms with van der Waals surface area (Å²) in [5, 5.41) is 8.50. The van der Waals surface area contributed by atoms with Gasteiger partial charge in [-0.3, -0.25) is 0 Å². The normalized spacial score (nSPS) is 10.8. The highest BCUT2D eigenvalue weighted by molar-refractivity contribution is 5.85. The molecule has 5 heteroatoms. The molecule has 0 saturated heterocycles. The molecular weight excluding hydrogens is 264 g/mol. The van der Waals surface area contributed by atoms with E-state index in [1.54, 1.807) is 13.8 Å². The molecule has 0 radical (unpaired) electrons. The molecule has 108 valence electrons. The number of hydrogen-bond donors (Lipinski definition) is 1. The Morgan fingerprint density at radius 3 is 2.35 bits per heavy atom. The molecule has 1 aromatic carbocycles. The molecule has 0 aliphatic heterocycles. The zero-order valence-electron chi connectivity index (χ0n) is 11.5. The van der Waals surface area contributed by atoms with Crippen molar-refractivity contribution in [3.05, 3.63) is 47.6 Å². The fraction of sp³-hybridized carbons (Fsp3) is 0.267. The zero-order chi connectivity index (χ0) is 15.3. The number of carboxylic acids is 1. The molecule has 1 aromatic rings. The molecule has 0 bridgehead atoms. The summed E-state index contributed by atoms with van der Waals surface area (Å²) < 4.78 is 28.1. The molecule has 0 spiro atoms. The lowest BCUT2D eigenvalue weighted by Gasteiger charge is -2.24. The number of carboxylic acid groups (broad SMARTS) is 1. The first kappa shape index (κ1) is 15.9. The second-order valence-corrected chi connectivity index (χ2v) is 4.48. The van der Waals surface area contributed by atoms with Crippen LogP contribution < -0.4 is 4.90 Å². The van der Waals surface area contributed by atoms with E-state index in [1.165, 1.54) is 4.90 Å². The highest BCUT2D eigenvalue weighted by Gasteiger charge is 2.16. The number of hydrogen-bond acceptors (Lipinski definition) is 2. The van der Waals surface area contributed by atoms with Gasteiger partial charge in [-0.2, -0.15) is 0 Å². The number of likely N-dealkylation sites (N-methyl/N-ethyl adjacent to an activating group) is 1. The number of aliphatic carboxylic acids is 1. The van der Waals surface area contributed by atoms with Crippen molar-refractivity contribution in [1.82, 2.24) is 0 Å². The van der Waals surface area contributed by atoms with E-state index >= 15 is 0 Å². The third kappa shape index (κ3) is 4.19. The van der Waals surface area contributed by atoms with Crippen LogP contribution in [-0.2, 0) is 4.79 Å². The molecule has 0 amide bonds. The maximum absolute atomic E-state index is 14.0. The molecule has 3 nitrogen and oxygen atoms in total. The van der Waals surface area contributed by atoms with Crippen LogP contribution in [0.5, 0.6) is 0 Å². The van der Waals surface area contributed by atoms with E-state index in [1.807, 2.05) is 0 Å².